The first-order valence-corrected chi connectivity index (χ1v) is 7.71. The fourth-order valence-corrected chi connectivity index (χ4v) is 3.37. The summed E-state index contributed by atoms with van der Waals surface area (Å²) in [6.45, 7) is 0. The number of nitriles is 1. The van der Waals surface area contributed by atoms with Crippen LogP contribution < -0.4 is 0 Å². The second kappa shape index (κ2) is 5.26. The third-order valence-corrected chi connectivity index (χ3v) is 4.44. The quantitative estimate of drug-likeness (QED) is 0.661. The number of nitrogens with zero attached hydrogens (tertiary/aromatic N) is 1. The normalized spacial score (nSPS) is 15.1. The lowest BCUT2D eigenvalue weighted by Crippen LogP contribution is -2.10. The van der Waals surface area contributed by atoms with Gasteiger partial charge in [0.2, 0.25) is 0 Å². The van der Waals surface area contributed by atoms with E-state index in [0.717, 1.165) is 27.8 Å². The molecule has 1 nitrogen and oxygen atoms in total. The first-order chi connectivity index (χ1) is 11.4. The molecule has 0 aromatic heterocycles. The van der Waals surface area contributed by atoms with Crippen LogP contribution in [0.4, 0.5) is 0 Å². The predicted octanol–water partition coefficient (Wildman–Crippen LogP) is 5.07. The summed E-state index contributed by atoms with van der Waals surface area (Å²) >= 11 is 0. The van der Waals surface area contributed by atoms with Crippen molar-refractivity contribution in [2.75, 3.05) is 0 Å². The molecule has 0 aliphatic heterocycles. The maximum atomic E-state index is 10.1. The van der Waals surface area contributed by atoms with Crippen molar-refractivity contribution in [1.29, 1.82) is 5.26 Å². The fraction of sp³-hybridized carbons (Fsp3) is 0.0455. The summed E-state index contributed by atoms with van der Waals surface area (Å²) in [5.41, 5.74) is 4.90. The van der Waals surface area contributed by atoms with Crippen molar-refractivity contribution in [3.8, 4) is 6.07 Å². The number of hydrogen-bond donors (Lipinski definition) is 0. The van der Waals surface area contributed by atoms with Gasteiger partial charge >= 0.3 is 0 Å². The van der Waals surface area contributed by atoms with E-state index in [0.29, 0.717) is 0 Å². The molecular formula is C22H15N. The monoisotopic (exact) mass is 293 g/mol. The van der Waals surface area contributed by atoms with Crippen molar-refractivity contribution >= 4 is 11.1 Å². The number of benzene rings is 3. The van der Waals surface area contributed by atoms with E-state index in [2.05, 4.69) is 30.3 Å². The Balaban J connectivity index is 1.93. The minimum atomic E-state index is -0.635. The van der Waals surface area contributed by atoms with Crippen molar-refractivity contribution in [2.45, 2.75) is 5.41 Å². The SMILES string of the molecule is N#CC1(c2ccccc2)C(c2ccccc2)=C1c1ccccc1. The van der Waals surface area contributed by atoms with E-state index >= 15 is 0 Å². The fourth-order valence-electron chi connectivity index (χ4n) is 3.37. The van der Waals surface area contributed by atoms with Crippen molar-refractivity contribution in [3.05, 3.63) is 108 Å². The van der Waals surface area contributed by atoms with E-state index in [9.17, 15) is 5.26 Å². The van der Waals surface area contributed by atoms with Gasteiger partial charge in [-0.25, -0.2) is 0 Å². The van der Waals surface area contributed by atoms with Crippen LogP contribution in [0.3, 0.4) is 0 Å². The van der Waals surface area contributed by atoms with E-state index in [1.807, 2.05) is 66.7 Å². The van der Waals surface area contributed by atoms with Crippen LogP contribution in [0.1, 0.15) is 16.7 Å². The van der Waals surface area contributed by atoms with Crippen LogP contribution in [0, 0.1) is 11.3 Å². The van der Waals surface area contributed by atoms with Gasteiger partial charge in [0, 0.05) is 0 Å². The molecule has 3 aromatic carbocycles. The van der Waals surface area contributed by atoms with Gasteiger partial charge in [0.25, 0.3) is 0 Å². The summed E-state index contributed by atoms with van der Waals surface area (Å²) in [5, 5.41) is 10.1. The first kappa shape index (κ1) is 13.5. The van der Waals surface area contributed by atoms with Crippen LogP contribution in [0.2, 0.25) is 0 Å². The molecule has 108 valence electrons. The summed E-state index contributed by atoms with van der Waals surface area (Å²) in [6, 6.07) is 33.1. The number of allylic oxidation sites excluding steroid dienone is 2. The molecule has 0 bridgehead atoms. The van der Waals surface area contributed by atoms with E-state index in [4.69, 9.17) is 0 Å². The van der Waals surface area contributed by atoms with E-state index in [1.165, 1.54) is 0 Å². The molecule has 1 aliphatic carbocycles. The van der Waals surface area contributed by atoms with Crippen LogP contribution in [-0.2, 0) is 5.41 Å². The van der Waals surface area contributed by atoms with Crippen molar-refractivity contribution in [1.82, 2.24) is 0 Å². The van der Waals surface area contributed by atoms with Crippen LogP contribution >= 0.6 is 0 Å². The lowest BCUT2D eigenvalue weighted by Gasteiger charge is -2.12. The average molecular weight is 293 g/mol. The highest BCUT2D eigenvalue weighted by Crippen LogP contribution is 2.63. The van der Waals surface area contributed by atoms with Gasteiger partial charge in [-0.05, 0) is 27.8 Å². The highest BCUT2D eigenvalue weighted by atomic mass is 14.6. The molecule has 0 unspecified atom stereocenters. The molecule has 0 atom stereocenters. The number of rotatable bonds is 3. The van der Waals surface area contributed by atoms with Gasteiger partial charge in [-0.15, -0.1) is 0 Å². The molecule has 0 N–H and O–H groups in total. The Bertz CT molecular complexity index is 851. The molecule has 3 aromatic rings. The van der Waals surface area contributed by atoms with Crippen molar-refractivity contribution in [3.63, 3.8) is 0 Å². The highest BCUT2D eigenvalue weighted by Gasteiger charge is 2.56. The first-order valence-electron chi connectivity index (χ1n) is 7.71. The zero-order valence-electron chi connectivity index (χ0n) is 12.6. The lowest BCUT2D eigenvalue weighted by molar-refractivity contribution is 1.02. The van der Waals surface area contributed by atoms with E-state index in [1.54, 1.807) is 0 Å². The van der Waals surface area contributed by atoms with Gasteiger partial charge in [0.15, 0.2) is 0 Å². The second-order valence-corrected chi connectivity index (χ2v) is 5.71. The van der Waals surface area contributed by atoms with Gasteiger partial charge < -0.3 is 0 Å². The van der Waals surface area contributed by atoms with Gasteiger partial charge in [-0.2, -0.15) is 5.26 Å². The lowest BCUT2D eigenvalue weighted by atomic mass is 9.86. The highest BCUT2D eigenvalue weighted by molar-refractivity contribution is 6.21. The number of hydrogen-bond acceptors (Lipinski definition) is 1. The summed E-state index contributed by atoms with van der Waals surface area (Å²) < 4.78 is 0. The van der Waals surface area contributed by atoms with Gasteiger partial charge in [-0.3, -0.25) is 0 Å². The Labute approximate surface area is 136 Å². The summed E-state index contributed by atoms with van der Waals surface area (Å²) in [5.74, 6) is 0. The molecule has 0 fully saturated rings. The van der Waals surface area contributed by atoms with Crippen LogP contribution in [0.15, 0.2) is 91.0 Å². The minimum Gasteiger partial charge on any atom is -0.197 e. The third-order valence-electron chi connectivity index (χ3n) is 4.44. The molecule has 0 heterocycles. The van der Waals surface area contributed by atoms with E-state index < -0.39 is 5.41 Å². The van der Waals surface area contributed by atoms with Crippen molar-refractivity contribution in [2.24, 2.45) is 0 Å². The average Bonchev–Trinajstić information content (AvgIpc) is 3.34. The molecule has 1 heteroatoms. The molecular weight excluding hydrogens is 278 g/mol. The molecule has 0 amide bonds. The molecule has 0 spiro atoms. The molecule has 0 radical (unpaired) electrons. The minimum absolute atomic E-state index is 0.635. The molecule has 4 rings (SSSR count). The second-order valence-electron chi connectivity index (χ2n) is 5.71. The summed E-state index contributed by atoms with van der Waals surface area (Å²) in [7, 11) is 0. The van der Waals surface area contributed by atoms with E-state index in [-0.39, 0.29) is 0 Å². The topological polar surface area (TPSA) is 23.8 Å². The summed E-state index contributed by atoms with van der Waals surface area (Å²) in [6.07, 6.45) is 0. The standard InChI is InChI=1S/C22H15N/c23-16-22(19-14-8-3-9-15-19)20(17-10-4-1-5-11-17)21(22)18-12-6-2-7-13-18/h1-15H. The van der Waals surface area contributed by atoms with Gasteiger partial charge in [0.1, 0.15) is 5.41 Å². The zero-order chi connectivity index (χ0) is 15.7. The molecule has 0 saturated heterocycles. The van der Waals surface area contributed by atoms with Crippen molar-refractivity contribution < 1.29 is 0 Å². The smallest absolute Gasteiger partial charge is 0.134 e. The van der Waals surface area contributed by atoms with Crippen LogP contribution in [0.5, 0.6) is 0 Å². The van der Waals surface area contributed by atoms with Gasteiger partial charge in [-0.1, -0.05) is 91.0 Å². The van der Waals surface area contributed by atoms with Crippen LogP contribution in [0.25, 0.3) is 11.1 Å². The van der Waals surface area contributed by atoms with Crippen LogP contribution in [-0.4, -0.2) is 0 Å². The maximum absolute atomic E-state index is 10.1. The maximum Gasteiger partial charge on any atom is 0.134 e. The zero-order valence-corrected chi connectivity index (χ0v) is 12.6. The Morgan fingerprint density at radius 2 is 0.957 bits per heavy atom. The third kappa shape index (κ3) is 2.00. The Morgan fingerprint density at radius 1 is 0.565 bits per heavy atom. The molecule has 1 aliphatic rings. The Kier molecular flexibility index (Phi) is 3.10. The van der Waals surface area contributed by atoms with Gasteiger partial charge in [0.05, 0.1) is 6.07 Å². The molecule has 23 heavy (non-hydrogen) atoms. The molecule has 0 saturated carbocycles. The predicted molar refractivity (Wildman–Crippen MR) is 93.4 cm³/mol. The largest absolute Gasteiger partial charge is 0.197 e. The Morgan fingerprint density at radius 3 is 1.35 bits per heavy atom. The summed E-state index contributed by atoms with van der Waals surface area (Å²) in [4.78, 5) is 0. The Hall–Kier alpha value is -3.11.